The number of carbonyl (C=O) groups excluding carboxylic acids is 1. The van der Waals surface area contributed by atoms with Gasteiger partial charge in [0.05, 0.1) is 31.0 Å². The van der Waals surface area contributed by atoms with E-state index in [1.165, 1.54) is 0 Å². The van der Waals surface area contributed by atoms with Crippen LogP contribution in [-0.4, -0.2) is 37.6 Å². The van der Waals surface area contributed by atoms with Gasteiger partial charge in [-0.25, -0.2) is 0 Å². The summed E-state index contributed by atoms with van der Waals surface area (Å²) >= 11 is 12.1. The summed E-state index contributed by atoms with van der Waals surface area (Å²) in [5.74, 6) is 1.46. The van der Waals surface area contributed by atoms with Gasteiger partial charge in [0.1, 0.15) is 11.5 Å². The second kappa shape index (κ2) is 9.03. The maximum Gasteiger partial charge on any atom is 0.241 e. The molecule has 0 spiro atoms. The Morgan fingerprint density at radius 1 is 1.18 bits per heavy atom. The van der Waals surface area contributed by atoms with Crippen LogP contribution in [0.25, 0.3) is 0 Å². The number of ether oxygens (including phenoxy) is 2. The minimum absolute atomic E-state index is 0.0755. The van der Waals surface area contributed by atoms with Crippen LogP contribution >= 0.6 is 23.2 Å². The van der Waals surface area contributed by atoms with Crippen LogP contribution in [-0.2, 0) is 4.79 Å². The van der Waals surface area contributed by atoms with Crippen molar-refractivity contribution in [2.24, 2.45) is 0 Å². The van der Waals surface area contributed by atoms with Crippen LogP contribution in [0.3, 0.4) is 0 Å². The van der Waals surface area contributed by atoms with Gasteiger partial charge in [-0.2, -0.15) is 0 Å². The largest absolute Gasteiger partial charge is 0.497 e. The molecular formula is C21H24Cl2N2O3. The summed E-state index contributed by atoms with van der Waals surface area (Å²) in [7, 11) is 3.30. The fourth-order valence-electron chi connectivity index (χ4n) is 3.67. The van der Waals surface area contributed by atoms with Crippen LogP contribution in [0.4, 0.5) is 5.69 Å². The average molecular weight is 423 g/mol. The van der Waals surface area contributed by atoms with Crippen molar-refractivity contribution >= 4 is 34.8 Å². The molecule has 1 aliphatic heterocycles. The number of hydrogen-bond donors (Lipinski definition) is 1. The summed E-state index contributed by atoms with van der Waals surface area (Å²) in [5, 5.41) is 3.86. The number of nitrogens with zero attached hydrogens (tertiary/aromatic N) is 1. The number of nitrogens with one attached hydrogen (secondary N) is 1. The Balaban J connectivity index is 1.81. The highest BCUT2D eigenvalue weighted by molar-refractivity contribution is 6.36. The van der Waals surface area contributed by atoms with E-state index in [0.29, 0.717) is 15.7 Å². The van der Waals surface area contributed by atoms with Gasteiger partial charge in [-0.05, 0) is 62.7 Å². The molecule has 0 aromatic heterocycles. The zero-order valence-electron chi connectivity index (χ0n) is 16.2. The van der Waals surface area contributed by atoms with E-state index < -0.39 is 0 Å². The highest BCUT2D eigenvalue weighted by atomic mass is 35.5. The fourth-order valence-corrected chi connectivity index (χ4v) is 4.12. The lowest BCUT2D eigenvalue weighted by Crippen LogP contribution is -2.41. The van der Waals surface area contributed by atoms with Crippen molar-refractivity contribution in [2.75, 3.05) is 26.1 Å². The van der Waals surface area contributed by atoms with Crippen molar-refractivity contribution in [3.63, 3.8) is 0 Å². The predicted octanol–water partition coefficient (Wildman–Crippen LogP) is 5.17. The third-order valence-electron chi connectivity index (χ3n) is 5.16. The van der Waals surface area contributed by atoms with Gasteiger partial charge in [-0.1, -0.05) is 23.2 Å². The van der Waals surface area contributed by atoms with Gasteiger partial charge in [-0.3, -0.25) is 9.69 Å². The quantitative estimate of drug-likeness (QED) is 0.696. The molecule has 150 valence electrons. The Hall–Kier alpha value is -1.95. The number of carbonyl (C=O) groups is 1. The zero-order valence-corrected chi connectivity index (χ0v) is 17.7. The van der Waals surface area contributed by atoms with Crippen LogP contribution in [0.2, 0.25) is 10.0 Å². The molecule has 3 rings (SSSR count). The van der Waals surface area contributed by atoms with Gasteiger partial charge in [0.15, 0.2) is 0 Å². The molecule has 0 unspecified atom stereocenters. The van der Waals surface area contributed by atoms with Gasteiger partial charge in [0.2, 0.25) is 5.91 Å². The first-order chi connectivity index (χ1) is 13.4. The van der Waals surface area contributed by atoms with E-state index >= 15 is 0 Å². The topological polar surface area (TPSA) is 50.8 Å². The maximum absolute atomic E-state index is 12.9. The Morgan fingerprint density at radius 2 is 1.96 bits per heavy atom. The van der Waals surface area contributed by atoms with Crippen LogP contribution in [0.15, 0.2) is 36.4 Å². The van der Waals surface area contributed by atoms with E-state index in [-0.39, 0.29) is 18.0 Å². The van der Waals surface area contributed by atoms with Gasteiger partial charge in [0.25, 0.3) is 0 Å². The Morgan fingerprint density at radius 3 is 2.64 bits per heavy atom. The number of benzene rings is 2. The third kappa shape index (κ3) is 4.37. The number of methoxy groups -OCH3 is 2. The standard InChI is InChI=1S/C21H24Cl2N2O3/c1-13(21(26)24-18-8-6-14(22)11-17(18)23)25-10-4-5-19(25)16-12-15(27-2)7-9-20(16)28-3/h6-9,11-13,19H,4-5,10H2,1-3H3,(H,24,26)/t13-,19-/m1/s1. The van der Waals surface area contributed by atoms with Gasteiger partial charge in [-0.15, -0.1) is 0 Å². The van der Waals surface area contributed by atoms with E-state index in [2.05, 4.69) is 10.2 Å². The molecule has 1 fully saturated rings. The highest BCUT2D eigenvalue weighted by Crippen LogP contribution is 2.40. The first-order valence-electron chi connectivity index (χ1n) is 9.18. The minimum atomic E-state index is -0.338. The van der Waals surface area contributed by atoms with Crippen molar-refractivity contribution in [2.45, 2.75) is 31.8 Å². The van der Waals surface area contributed by atoms with Crippen molar-refractivity contribution in [1.29, 1.82) is 0 Å². The number of rotatable bonds is 6. The molecule has 1 N–H and O–H groups in total. The molecule has 0 bridgehead atoms. The Kier molecular flexibility index (Phi) is 6.70. The Labute approximate surface area is 175 Å². The van der Waals surface area contributed by atoms with Crippen molar-refractivity contribution in [1.82, 2.24) is 4.90 Å². The summed E-state index contributed by atoms with van der Waals surface area (Å²) in [6.45, 7) is 2.73. The number of hydrogen-bond acceptors (Lipinski definition) is 4. The summed E-state index contributed by atoms with van der Waals surface area (Å²) in [5.41, 5.74) is 1.58. The van der Waals surface area contributed by atoms with Crippen molar-refractivity contribution in [3.05, 3.63) is 52.0 Å². The second-order valence-corrected chi connectivity index (χ2v) is 7.64. The highest BCUT2D eigenvalue weighted by Gasteiger charge is 2.34. The first kappa shape index (κ1) is 20.8. The molecule has 0 saturated carbocycles. The molecule has 1 saturated heterocycles. The van der Waals surface area contributed by atoms with E-state index in [9.17, 15) is 4.79 Å². The van der Waals surface area contributed by atoms with Crippen molar-refractivity contribution < 1.29 is 14.3 Å². The van der Waals surface area contributed by atoms with Gasteiger partial charge in [0, 0.05) is 16.6 Å². The maximum atomic E-state index is 12.9. The molecule has 5 nitrogen and oxygen atoms in total. The molecule has 28 heavy (non-hydrogen) atoms. The van der Waals surface area contributed by atoms with Crippen molar-refractivity contribution in [3.8, 4) is 11.5 Å². The molecule has 0 aliphatic carbocycles. The molecule has 2 aromatic rings. The zero-order chi connectivity index (χ0) is 20.3. The molecule has 1 heterocycles. The fraction of sp³-hybridized carbons (Fsp3) is 0.381. The lowest BCUT2D eigenvalue weighted by atomic mass is 10.0. The minimum Gasteiger partial charge on any atom is -0.497 e. The van der Waals surface area contributed by atoms with E-state index in [0.717, 1.165) is 36.4 Å². The van der Waals surface area contributed by atoms with Gasteiger partial charge >= 0.3 is 0 Å². The molecule has 2 atom stereocenters. The molecular weight excluding hydrogens is 399 g/mol. The molecule has 2 aromatic carbocycles. The second-order valence-electron chi connectivity index (χ2n) is 6.79. The number of halogens is 2. The monoisotopic (exact) mass is 422 g/mol. The summed E-state index contributed by atoms with van der Waals surface area (Å²) < 4.78 is 10.9. The van der Waals surface area contributed by atoms with E-state index in [1.807, 2.05) is 25.1 Å². The number of anilines is 1. The Bertz CT molecular complexity index is 860. The average Bonchev–Trinajstić information content (AvgIpc) is 3.18. The normalized spacial score (nSPS) is 18.0. The van der Waals surface area contributed by atoms with Crippen LogP contribution in [0.1, 0.15) is 31.4 Å². The van der Waals surface area contributed by atoms with Gasteiger partial charge < -0.3 is 14.8 Å². The summed E-state index contributed by atoms with van der Waals surface area (Å²) in [6, 6.07) is 10.5. The smallest absolute Gasteiger partial charge is 0.241 e. The lowest BCUT2D eigenvalue weighted by Gasteiger charge is -2.31. The molecule has 0 radical (unpaired) electrons. The summed E-state index contributed by atoms with van der Waals surface area (Å²) in [4.78, 5) is 15.1. The van der Waals surface area contributed by atoms with Crippen LogP contribution in [0, 0.1) is 0 Å². The SMILES string of the molecule is COc1ccc(OC)c([C@H]2CCCN2[C@H](C)C(=O)Nc2ccc(Cl)cc2Cl)c1. The van der Waals surface area contributed by atoms with E-state index in [4.69, 9.17) is 32.7 Å². The number of amides is 1. The molecule has 7 heteroatoms. The molecule has 1 amide bonds. The van der Waals surface area contributed by atoms with E-state index in [1.54, 1.807) is 32.4 Å². The molecule has 1 aliphatic rings. The van der Waals surface area contributed by atoms with Crippen LogP contribution in [0.5, 0.6) is 11.5 Å². The third-order valence-corrected chi connectivity index (χ3v) is 5.70. The predicted molar refractivity (Wildman–Crippen MR) is 113 cm³/mol. The number of likely N-dealkylation sites (tertiary alicyclic amines) is 1. The lowest BCUT2D eigenvalue weighted by molar-refractivity contribution is -0.121. The van der Waals surface area contributed by atoms with Crippen LogP contribution < -0.4 is 14.8 Å². The first-order valence-corrected chi connectivity index (χ1v) is 9.93. The summed E-state index contributed by atoms with van der Waals surface area (Å²) in [6.07, 6.45) is 1.95.